The SMILES string of the molecule is O=C(c1n[nH]c(=O)[nH]1)N1CC(c2ncc(C3CC3)cn2)C1. The monoisotopic (exact) mass is 286 g/mol. The maximum atomic E-state index is 12.0. The van der Waals surface area contributed by atoms with Crippen LogP contribution in [0.5, 0.6) is 0 Å². The van der Waals surface area contributed by atoms with E-state index >= 15 is 0 Å². The third-order valence-corrected chi connectivity index (χ3v) is 3.98. The fourth-order valence-electron chi connectivity index (χ4n) is 2.52. The van der Waals surface area contributed by atoms with Crippen molar-refractivity contribution in [2.75, 3.05) is 13.1 Å². The molecule has 1 aliphatic heterocycles. The lowest BCUT2D eigenvalue weighted by atomic mass is 9.99. The topological polar surface area (TPSA) is 108 Å². The van der Waals surface area contributed by atoms with E-state index in [9.17, 15) is 9.59 Å². The van der Waals surface area contributed by atoms with Gasteiger partial charge in [0.15, 0.2) is 0 Å². The predicted octanol–water partition coefficient (Wildman–Crippen LogP) is 0.00500. The molecule has 108 valence electrons. The van der Waals surface area contributed by atoms with Crippen LogP contribution in [0.1, 0.15) is 46.7 Å². The van der Waals surface area contributed by atoms with Crippen LogP contribution in [-0.2, 0) is 0 Å². The molecule has 8 nitrogen and oxygen atoms in total. The van der Waals surface area contributed by atoms with Crippen LogP contribution < -0.4 is 5.69 Å². The van der Waals surface area contributed by atoms with Gasteiger partial charge in [-0.25, -0.2) is 19.9 Å². The Labute approximate surface area is 119 Å². The Bertz CT molecular complexity index is 724. The molecule has 4 rings (SSSR count). The van der Waals surface area contributed by atoms with E-state index in [2.05, 4.69) is 25.1 Å². The van der Waals surface area contributed by atoms with Crippen molar-refractivity contribution in [2.24, 2.45) is 0 Å². The molecule has 0 unspecified atom stereocenters. The smallest absolute Gasteiger partial charge is 0.334 e. The van der Waals surface area contributed by atoms with Gasteiger partial charge in [0.05, 0.1) is 5.92 Å². The first-order valence-corrected chi connectivity index (χ1v) is 6.96. The molecular weight excluding hydrogens is 272 g/mol. The van der Waals surface area contributed by atoms with Crippen molar-refractivity contribution < 1.29 is 4.79 Å². The normalized spacial score (nSPS) is 18.6. The Morgan fingerprint density at radius 2 is 1.90 bits per heavy atom. The Morgan fingerprint density at radius 3 is 2.48 bits per heavy atom. The van der Waals surface area contributed by atoms with Gasteiger partial charge in [-0.1, -0.05) is 0 Å². The molecule has 0 radical (unpaired) electrons. The van der Waals surface area contributed by atoms with Gasteiger partial charge in [0.25, 0.3) is 5.91 Å². The minimum atomic E-state index is -0.477. The number of amides is 1. The van der Waals surface area contributed by atoms with Crippen molar-refractivity contribution in [3.8, 4) is 0 Å². The lowest BCUT2D eigenvalue weighted by Crippen LogP contribution is -2.49. The van der Waals surface area contributed by atoms with Crippen molar-refractivity contribution in [2.45, 2.75) is 24.7 Å². The van der Waals surface area contributed by atoms with Gasteiger partial charge in [-0.2, -0.15) is 0 Å². The Balaban J connectivity index is 1.40. The zero-order chi connectivity index (χ0) is 14.4. The van der Waals surface area contributed by atoms with Crippen LogP contribution in [0.4, 0.5) is 0 Å². The van der Waals surface area contributed by atoms with Gasteiger partial charge in [-0.05, 0) is 24.3 Å². The number of nitrogens with zero attached hydrogens (tertiary/aromatic N) is 4. The van der Waals surface area contributed by atoms with Gasteiger partial charge >= 0.3 is 5.69 Å². The second kappa shape index (κ2) is 4.51. The zero-order valence-corrected chi connectivity index (χ0v) is 11.2. The number of hydrogen-bond donors (Lipinski definition) is 2. The van der Waals surface area contributed by atoms with Crippen LogP contribution in [0.25, 0.3) is 0 Å². The van der Waals surface area contributed by atoms with Crippen molar-refractivity contribution in [1.29, 1.82) is 0 Å². The maximum absolute atomic E-state index is 12.0. The van der Waals surface area contributed by atoms with Crippen molar-refractivity contribution in [3.63, 3.8) is 0 Å². The van der Waals surface area contributed by atoms with E-state index in [1.807, 2.05) is 12.4 Å². The number of aromatic nitrogens is 5. The summed E-state index contributed by atoms with van der Waals surface area (Å²) in [6.07, 6.45) is 6.26. The number of hydrogen-bond acceptors (Lipinski definition) is 5. The molecule has 1 amide bonds. The molecule has 1 saturated heterocycles. The summed E-state index contributed by atoms with van der Waals surface area (Å²) < 4.78 is 0. The first kappa shape index (κ1) is 12.2. The van der Waals surface area contributed by atoms with Crippen LogP contribution in [0.15, 0.2) is 17.2 Å². The summed E-state index contributed by atoms with van der Waals surface area (Å²) >= 11 is 0. The molecule has 0 spiro atoms. The highest BCUT2D eigenvalue weighted by Crippen LogP contribution is 2.39. The third kappa shape index (κ3) is 2.22. The van der Waals surface area contributed by atoms with Gasteiger partial charge < -0.3 is 4.90 Å². The molecule has 2 aromatic rings. The van der Waals surface area contributed by atoms with Crippen LogP contribution >= 0.6 is 0 Å². The van der Waals surface area contributed by atoms with Gasteiger partial charge in [0.2, 0.25) is 5.82 Å². The molecule has 2 fully saturated rings. The molecule has 1 saturated carbocycles. The summed E-state index contributed by atoms with van der Waals surface area (Å²) in [4.78, 5) is 35.7. The molecule has 2 aromatic heterocycles. The molecule has 3 heterocycles. The molecule has 1 aliphatic carbocycles. The quantitative estimate of drug-likeness (QED) is 0.826. The molecule has 2 N–H and O–H groups in total. The number of rotatable bonds is 3. The highest BCUT2D eigenvalue weighted by molar-refractivity contribution is 5.91. The van der Waals surface area contributed by atoms with Crippen LogP contribution in [-0.4, -0.2) is 49.0 Å². The van der Waals surface area contributed by atoms with Gasteiger partial charge in [-0.15, -0.1) is 5.10 Å². The number of aromatic amines is 2. The van der Waals surface area contributed by atoms with Gasteiger partial charge in [0, 0.05) is 25.5 Å². The van der Waals surface area contributed by atoms with Gasteiger partial charge in [0.1, 0.15) is 5.82 Å². The van der Waals surface area contributed by atoms with E-state index in [1.54, 1.807) is 4.90 Å². The van der Waals surface area contributed by atoms with E-state index in [0.29, 0.717) is 19.0 Å². The number of carbonyl (C=O) groups excluding carboxylic acids is 1. The largest absolute Gasteiger partial charge is 0.341 e. The van der Waals surface area contributed by atoms with E-state index in [-0.39, 0.29) is 17.6 Å². The fraction of sp³-hybridized carbons (Fsp3) is 0.462. The van der Waals surface area contributed by atoms with Crippen molar-refractivity contribution >= 4 is 5.91 Å². The molecule has 0 aromatic carbocycles. The third-order valence-electron chi connectivity index (χ3n) is 3.98. The first-order valence-electron chi connectivity index (χ1n) is 6.96. The second-order valence-corrected chi connectivity index (χ2v) is 5.58. The highest BCUT2D eigenvalue weighted by Gasteiger charge is 2.35. The second-order valence-electron chi connectivity index (χ2n) is 5.58. The molecule has 8 heteroatoms. The summed E-state index contributed by atoms with van der Waals surface area (Å²) in [6.45, 7) is 1.10. The number of H-pyrrole nitrogens is 2. The van der Waals surface area contributed by atoms with E-state index in [4.69, 9.17) is 0 Å². The van der Waals surface area contributed by atoms with Crippen LogP contribution in [0.2, 0.25) is 0 Å². The molecule has 2 aliphatic rings. The summed E-state index contributed by atoms with van der Waals surface area (Å²) in [5.41, 5.74) is 0.731. The maximum Gasteiger partial charge on any atom is 0.341 e. The lowest BCUT2D eigenvalue weighted by molar-refractivity contribution is 0.0582. The lowest BCUT2D eigenvalue weighted by Gasteiger charge is -2.37. The highest BCUT2D eigenvalue weighted by atomic mass is 16.2. The van der Waals surface area contributed by atoms with E-state index in [0.717, 1.165) is 5.82 Å². The zero-order valence-electron chi connectivity index (χ0n) is 11.2. The standard InChI is InChI=1S/C13H14N6O2/c20-12(11-16-13(21)18-17-11)19-5-9(6-19)10-14-3-8(4-15-10)7-1-2-7/h3-4,7,9H,1-2,5-6H2,(H2,16,17,18,21). The van der Waals surface area contributed by atoms with Crippen LogP contribution in [0.3, 0.4) is 0 Å². The van der Waals surface area contributed by atoms with Gasteiger partial charge in [-0.3, -0.25) is 9.78 Å². The number of carbonyl (C=O) groups is 1. The first-order chi connectivity index (χ1) is 10.2. The average Bonchev–Trinajstić information content (AvgIpc) is 3.20. The molecule has 0 bridgehead atoms. The average molecular weight is 286 g/mol. The molecule has 0 atom stereocenters. The predicted molar refractivity (Wildman–Crippen MR) is 71.9 cm³/mol. The Hall–Kier alpha value is -2.51. The Morgan fingerprint density at radius 1 is 1.19 bits per heavy atom. The van der Waals surface area contributed by atoms with E-state index < -0.39 is 5.69 Å². The summed E-state index contributed by atoms with van der Waals surface area (Å²) in [7, 11) is 0. The summed E-state index contributed by atoms with van der Waals surface area (Å²) in [6, 6.07) is 0. The minimum absolute atomic E-state index is 0.0449. The Kier molecular flexibility index (Phi) is 2.63. The number of nitrogens with one attached hydrogen (secondary N) is 2. The summed E-state index contributed by atoms with van der Waals surface area (Å²) in [5, 5.41) is 5.82. The molecular formula is C13H14N6O2. The minimum Gasteiger partial charge on any atom is -0.334 e. The molecule has 21 heavy (non-hydrogen) atoms. The van der Waals surface area contributed by atoms with Crippen molar-refractivity contribution in [3.05, 3.63) is 40.1 Å². The van der Waals surface area contributed by atoms with Crippen molar-refractivity contribution in [1.82, 2.24) is 30.0 Å². The fourth-order valence-corrected chi connectivity index (χ4v) is 2.52. The number of likely N-dealkylation sites (tertiary alicyclic amines) is 1. The van der Waals surface area contributed by atoms with Crippen LogP contribution in [0, 0.1) is 0 Å². The summed E-state index contributed by atoms with van der Waals surface area (Å²) in [5.74, 6) is 1.35. The van der Waals surface area contributed by atoms with E-state index in [1.165, 1.54) is 18.4 Å².